The highest BCUT2D eigenvalue weighted by Crippen LogP contribution is 2.39. The van der Waals surface area contributed by atoms with E-state index >= 15 is 0 Å². The summed E-state index contributed by atoms with van der Waals surface area (Å²) in [6.07, 6.45) is 8.65. The minimum Gasteiger partial charge on any atom is -0.266 e. The fourth-order valence-electron chi connectivity index (χ4n) is 3.87. The van der Waals surface area contributed by atoms with Crippen molar-refractivity contribution in [3.05, 3.63) is 17.0 Å². The van der Waals surface area contributed by atoms with Crippen LogP contribution in [0.4, 0.5) is 0 Å². The van der Waals surface area contributed by atoms with Gasteiger partial charge in [0.2, 0.25) is 0 Å². The molecule has 0 radical (unpaired) electrons. The maximum atomic E-state index is 6.44. The molecule has 3 unspecified atom stereocenters. The number of hydrogen-bond acceptors (Lipinski definition) is 1. The van der Waals surface area contributed by atoms with Gasteiger partial charge >= 0.3 is 0 Å². The van der Waals surface area contributed by atoms with Crippen LogP contribution >= 0.6 is 11.6 Å². The maximum Gasteiger partial charge on any atom is 0.0671 e. The maximum absolute atomic E-state index is 6.44. The van der Waals surface area contributed by atoms with Crippen LogP contribution in [-0.4, -0.2) is 9.78 Å². The van der Waals surface area contributed by atoms with Crippen LogP contribution in [0.2, 0.25) is 0 Å². The molecule has 114 valence electrons. The molecule has 0 saturated heterocycles. The Morgan fingerprint density at radius 2 is 1.90 bits per heavy atom. The molecule has 0 N–H and O–H groups in total. The summed E-state index contributed by atoms with van der Waals surface area (Å²) in [7, 11) is 0. The lowest BCUT2D eigenvalue weighted by atomic mass is 9.83. The van der Waals surface area contributed by atoms with Gasteiger partial charge in [-0.25, -0.2) is 0 Å². The number of halogens is 1. The second-order valence-corrected chi connectivity index (χ2v) is 6.75. The number of aryl methyl sites for hydroxylation is 1. The zero-order valence-corrected chi connectivity index (χ0v) is 14.2. The minimum atomic E-state index is 0.0670. The van der Waals surface area contributed by atoms with E-state index < -0.39 is 0 Å². The fraction of sp³-hybridized carbons (Fsp3) is 0.824. The van der Waals surface area contributed by atoms with Crippen molar-refractivity contribution >= 4 is 11.6 Å². The van der Waals surface area contributed by atoms with Crippen molar-refractivity contribution in [3.8, 4) is 0 Å². The lowest BCUT2D eigenvalue weighted by Crippen LogP contribution is -2.25. The van der Waals surface area contributed by atoms with Gasteiger partial charge in [0.1, 0.15) is 0 Å². The zero-order chi connectivity index (χ0) is 14.7. The van der Waals surface area contributed by atoms with Crippen LogP contribution in [0.25, 0.3) is 0 Å². The van der Waals surface area contributed by atoms with Crippen molar-refractivity contribution in [2.45, 2.75) is 84.1 Å². The highest BCUT2D eigenvalue weighted by atomic mass is 35.5. The number of alkyl halides is 1. The van der Waals surface area contributed by atoms with Crippen molar-refractivity contribution in [1.29, 1.82) is 0 Å². The number of nitrogens with zero attached hydrogens (tertiary/aromatic N) is 2. The van der Waals surface area contributed by atoms with Crippen molar-refractivity contribution in [2.24, 2.45) is 5.92 Å². The van der Waals surface area contributed by atoms with Crippen LogP contribution in [0.5, 0.6) is 0 Å². The van der Waals surface area contributed by atoms with Gasteiger partial charge in [-0.2, -0.15) is 5.10 Å². The molecular weight excluding hydrogens is 268 g/mol. The molecule has 0 aromatic carbocycles. The van der Waals surface area contributed by atoms with Gasteiger partial charge in [-0.15, -0.1) is 11.6 Å². The molecule has 0 aliphatic heterocycles. The van der Waals surface area contributed by atoms with E-state index in [1.165, 1.54) is 49.1 Å². The van der Waals surface area contributed by atoms with Crippen molar-refractivity contribution in [2.75, 3.05) is 0 Å². The predicted molar refractivity (Wildman–Crippen MR) is 86.5 cm³/mol. The Morgan fingerprint density at radius 3 is 2.45 bits per heavy atom. The monoisotopic (exact) mass is 296 g/mol. The van der Waals surface area contributed by atoms with Crippen LogP contribution in [0.15, 0.2) is 0 Å². The molecule has 3 atom stereocenters. The minimum absolute atomic E-state index is 0.0670. The molecule has 0 bridgehead atoms. The molecule has 1 saturated carbocycles. The van der Waals surface area contributed by atoms with Crippen LogP contribution in [0.1, 0.15) is 88.2 Å². The third-order valence-electron chi connectivity index (χ3n) is 4.90. The number of rotatable bonds is 5. The third kappa shape index (κ3) is 2.90. The Balaban J connectivity index is 2.44. The lowest BCUT2D eigenvalue weighted by molar-refractivity contribution is 0.213. The van der Waals surface area contributed by atoms with Gasteiger partial charge in [0.25, 0.3) is 0 Å². The summed E-state index contributed by atoms with van der Waals surface area (Å²) in [5, 5.41) is 5.04. The van der Waals surface area contributed by atoms with Crippen molar-refractivity contribution in [1.82, 2.24) is 9.78 Å². The van der Waals surface area contributed by atoms with E-state index in [9.17, 15) is 0 Å². The summed E-state index contributed by atoms with van der Waals surface area (Å²) in [5.74, 6) is 0.789. The second-order valence-electron chi connectivity index (χ2n) is 6.09. The quantitative estimate of drug-likeness (QED) is 0.661. The zero-order valence-electron chi connectivity index (χ0n) is 13.5. The average molecular weight is 297 g/mol. The standard InChI is InChI=1S/C17H29ClN2/c1-5-13-10-8-9-11-16(13)20-15(7-3)17(12(4)18)14(6-2)19-20/h12-13,16H,5-11H2,1-4H3. The molecule has 0 amide bonds. The third-order valence-corrected chi connectivity index (χ3v) is 5.12. The van der Waals surface area contributed by atoms with Gasteiger partial charge in [0, 0.05) is 11.3 Å². The molecule has 20 heavy (non-hydrogen) atoms. The lowest BCUT2D eigenvalue weighted by Gasteiger charge is -2.32. The van der Waals surface area contributed by atoms with E-state index in [0.717, 1.165) is 18.8 Å². The predicted octanol–water partition coefficient (Wildman–Crippen LogP) is 5.45. The molecule has 1 fully saturated rings. The Bertz CT molecular complexity index is 436. The molecule has 2 nitrogen and oxygen atoms in total. The topological polar surface area (TPSA) is 17.8 Å². The van der Waals surface area contributed by atoms with Gasteiger partial charge in [0.05, 0.1) is 17.1 Å². The van der Waals surface area contributed by atoms with Crippen molar-refractivity contribution in [3.63, 3.8) is 0 Å². The van der Waals surface area contributed by atoms with E-state index in [4.69, 9.17) is 16.7 Å². The van der Waals surface area contributed by atoms with Crippen LogP contribution in [-0.2, 0) is 12.8 Å². The SMILES string of the molecule is CCc1nn(C2CCCCC2CC)c(CC)c1C(C)Cl. The smallest absolute Gasteiger partial charge is 0.0671 e. The highest BCUT2D eigenvalue weighted by molar-refractivity contribution is 6.20. The summed E-state index contributed by atoms with van der Waals surface area (Å²) in [4.78, 5) is 0. The number of hydrogen-bond donors (Lipinski definition) is 0. The van der Waals surface area contributed by atoms with E-state index in [0.29, 0.717) is 6.04 Å². The van der Waals surface area contributed by atoms with Crippen molar-refractivity contribution < 1.29 is 0 Å². The van der Waals surface area contributed by atoms with E-state index in [2.05, 4.69) is 32.4 Å². The van der Waals surface area contributed by atoms with Crippen LogP contribution < -0.4 is 0 Å². The molecule has 1 heterocycles. The highest BCUT2D eigenvalue weighted by Gasteiger charge is 2.30. The first-order valence-electron chi connectivity index (χ1n) is 8.38. The van der Waals surface area contributed by atoms with Gasteiger partial charge in [0.15, 0.2) is 0 Å². The molecule has 2 rings (SSSR count). The molecule has 0 spiro atoms. The Kier molecular flexibility index (Phi) is 5.54. The normalized spacial score (nSPS) is 24.9. The summed E-state index contributed by atoms with van der Waals surface area (Å²) >= 11 is 6.44. The summed E-state index contributed by atoms with van der Waals surface area (Å²) in [5.41, 5.74) is 3.90. The van der Waals surface area contributed by atoms with E-state index in [-0.39, 0.29) is 5.38 Å². The van der Waals surface area contributed by atoms with Gasteiger partial charge < -0.3 is 0 Å². The van der Waals surface area contributed by atoms with Crippen LogP contribution in [0, 0.1) is 5.92 Å². The number of aromatic nitrogens is 2. The first kappa shape index (κ1) is 15.9. The van der Waals surface area contributed by atoms with E-state index in [1.807, 2.05) is 0 Å². The summed E-state index contributed by atoms with van der Waals surface area (Å²) in [6.45, 7) is 8.83. The fourth-order valence-corrected chi connectivity index (χ4v) is 4.12. The van der Waals surface area contributed by atoms with Gasteiger partial charge in [-0.05, 0) is 38.5 Å². The molecular formula is C17H29ClN2. The summed E-state index contributed by atoms with van der Waals surface area (Å²) < 4.78 is 2.36. The largest absolute Gasteiger partial charge is 0.266 e. The molecule has 3 heteroatoms. The van der Waals surface area contributed by atoms with E-state index in [1.54, 1.807) is 0 Å². The first-order chi connectivity index (χ1) is 9.63. The summed E-state index contributed by atoms with van der Waals surface area (Å²) in [6, 6.07) is 0.596. The molecule has 1 aromatic rings. The Hall–Kier alpha value is -0.500. The molecule has 1 aliphatic carbocycles. The molecule has 1 aromatic heterocycles. The first-order valence-corrected chi connectivity index (χ1v) is 8.81. The Labute approximate surface area is 128 Å². The molecule has 1 aliphatic rings. The second kappa shape index (κ2) is 6.98. The van der Waals surface area contributed by atoms with Gasteiger partial charge in [-0.1, -0.05) is 40.0 Å². The van der Waals surface area contributed by atoms with Crippen LogP contribution in [0.3, 0.4) is 0 Å². The van der Waals surface area contributed by atoms with Gasteiger partial charge in [-0.3, -0.25) is 4.68 Å². The Morgan fingerprint density at radius 1 is 1.20 bits per heavy atom. The average Bonchev–Trinajstić information content (AvgIpc) is 2.85.